The molecule has 6 nitrogen and oxygen atoms in total. The summed E-state index contributed by atoms with van der Waals surface area (Å²) in [5.41, 5.74) is 0.614. The summed E-state index contributed by atoms with van der Waals surface area (Å²) in [4.78, 5) is 23.4. The Bertz CT molecular complexity index is 800. The first-order valence-electron chi connectivity index (χ1n) is 9.28. The summed E-state index contributed by atoms with van der Waals surface area (Å²) in [6.45, 7) is 2.40. The average molecular weight is 350 g/mol. The van der Waals surface area contributed by atoms with Crippen LogP contribution in [0.2, 0.25) is 0 Å². The van der Waals surface area contributed by atoms with Crippen molar-refractivity contribution in [1.29, 1.82) is 0 Å². The molecule has 3 fully saturated rings. The zero-order valence-electron chi connectivity index (χ0n) is 14.5. The number of ether oxygens (including phenoxy) is 1. The second-order valence-electron chi connectivity index (χ2n) is 7.54. The fraction of sp³-hybridized carbons (Fsp3) is 0.450. The summed E-state index contributed by atoms with van der Waals surface area (Å²) >= 11 is 0. The summed E-state index contributed by atoms with van der Waals surface area (Å²) in [6.07, 6.45) is 5.99. The molecule has 26 heavy (non-hydrogen) atoms. The van der Waals surface area contributed by atoms with E-state index in [4.69, 9.17) is 4.74 Å². The highest BCUT2D eigenvalue weighted by Gasteiger charge is 2.63. The third kappa shape index (κ3) is 2.48. The summed E-state index contributed by atoms with van der Waals surface area (Å²) in [6, 6.07) is 11.2. The third-order valence-electron chi connectivity index (χ3n) is 6.15. The van der Waals surface area contributed by atoms with Crippen molar-refractivity contribution >= 4 is 11.9 Å². The normalized spacial score (nSPS) is 31.8. The van der Waals surface area contributed by atoms with E-state index in [1.54, 1.807) is 12.4 Å². The van der Waals surface area contributed by atoms with E-state index in [2.05, 4.69) is 20.2 Å². The topological polar surface area (TPSA) is 67.4 Å². The lowest BCUT2D eigenvalue weighted by atomic mass is 9.73. The van der Waals surface area contributed by atoms with E-state index in [0.29, 0.717) is 23.9 Å². The quantitative estimate of drug-likeness (QED) is 0.912. The maximum atomic E-state index is 12.4. The molecule has 4 heterocycles. The van der Waals surface area contributed by atoms with Gasteiger partial charge in [0, 0.05) is 42.9 Å². The number of anilines is 1. The van der Waals surface area contributed by atoms with Gasteiger partial charge in [-0.05, 0) is 31.0 Å². The van der Waals surface area contributed by atoms with Crippen LogP contribution in [0.25, 0.3) is 0 Å². The molecule has 6 heteroatoms. The predicted molar refractivity (Wildman–Crippen MR) is 96.8 cm³/mol. The van der Waals surface area contributed by atoms with Gasteiger partial charge in [0.25, 0.3) is 5.91 Å². The van der Waals surface area contributed by atoms with E-state index >= 15 is 0 Å². The Balaban J connectivity index is 1.30. The average Bonchev–Trinajstić information content (AvgIpc) is 3.36. The molecular weight excluding hydrogens is 328 g/mol. The molecule has 2 bridgehead atoms. The Morgan fingerprint density at radius 2 is 2.04 bits per heavy atom. The van der Waals surface area contributed by atoms with Crippen molar-refractivity contribution < 1.29 is 9.53 Å². The fourth-order valence-electron chi connectivity index (χ4n) is 4.97. The van der Waals surface area contributed by atoms with Crippen LogP contribution < -0.4 is 10.2 Å². The largest absolute Gasteiger partial charge is 0.369 e. The molecule has 1 aromatic carbocycles. The van der Waals surface area contributed by atoms with Gasteiger partial charge in [-0.15, -0.1) is 0 Å². The third-order valence-corrected chi connectivity index (χ3v) is 6.15. The van der Waals surface area contributed by atoms with Gasteiger partial charge >= 0.3 is 0 Å². The van der Waals surface area contributed by atoms with Crippen molar-refractivity contribution in [3.05, 3.63) is 54.4 Å². The van der Waals surface area contributed by atoms with Crippen molar-refractivity contribution in [2.24, 2.45) is 11.8 Å². The van der Waals surface area contributed by atoms with Crippen LogP contribution in [0, 0.1) is 11.8 Å². The Labute approximate surface area is 152 Å². The van der Waals surface area contributed by atoms with Gasteiger partial charge in [0.05, 0.1) is 18.2 Å². The van der Waals surface area contributed by atoms with Gasteiger partial charge < -0.3 is 15.0 Å². The number of fused-ring (bicyclic) bond motifs is 1. The molecule has 3 aliphatic rings. The van der Waals surface area contributed by atoms with Crippen LogP contribution in [0.1, 0.15) is 23.2 Å². The van der Waals surface area contributed by atoms with Crippen LogP contribution >= 0.6 is 0 Å². The molecule has 3 saturated heterocycles. The molecule has 1 aromatic heterocycles. The van der Waals surface area contributed by atoms with Gasteiger partial charge in [-0.3, -0.25) is 4.79 Å². The Morgan fingerprint density at radius 1 is 1.23 bits per heavy atom. The number of rotatable bonds is 4. The first-order valence-corrected chi connectivity index (χ1v) is 9.28. The SMILES string of the molecule is O=C(NC[C@H]1[C@H]2CN(c3ncccn3)C[C@]23CC[C@H]1O3)c1ccccc1. The van der Waals surface area contributed by atoms with Gasteiger partial charge in [0.1, 0.15) is 0 Å². The zero-order valence-corrected chi connectivity index (χ0v) is 14.5. The molecule has 0 saturated carbocycles. The monoisotopic (exact) mass is 350 g/mol. The molecule has 0 unspecified atom stereocenters. The van der Waals surface area contributed by atoms with E-state index in [1.165, 1.54) is 0 Å². The minimum Gasteiger partial charge on any atom is -0.369 e. The molecule has 4 atom stereocenters. The molecule has 0 radical (unpaired) electrons. The van der Waals surface area contributed by atoms with Gasteiger partial charge in [-0.2, -0.15) is 0 Å². The molecule has 1 N–H and O–H groups in total. The lowest BCUT2D eigenvalue weighted by Gasteiger charge is -2.29. The van der Waals surface area contributed by atoms with Crippen LogP contribution in [0.4, 0.5) is 5.95 Å². The van der Waals surface area contributed by atoms with Crippen LogP contribution in [0.15, 0.2) is 48.8 Å². The van der Waals surface area contributed by atoms with Crippen LogP contribution in [-0.2, 0) is 4.74 Å². The van der Waals surface area contributed by atoms with Crippen LogP contribution in [0.3, 0.4) is 0 Å². The first kappa shape index (κ1) is 15.8. The highest BCUT2D eigenvalue weighted by Crippen LogP contribution is 2.54. The standard InChI is InChI=1S/C20H22N4O2/c25-18(14-5-2-1-3-6-14)23-11-15-16-12-24(19-21-9-4-10-22-19)13-20(16)8-7-17(15)26-20/h1-6,9-10,15-17H,7-8,11-13H2,(H,23,25)/t15-,16+,17+,20+/m0/s1. The van der Waals surface area contributed by atoms with Crippen LogP contribution in [-0.4, -0.2) is 47.2 Å². The van der Waals surface area contributed by atoms with E-state index in [0.717, 1.165) is 31.9 Å². The lowest BCUT2D eigenvalue weighted by Crippen LogP contribution is -2.41. The van der Waals surface area contributed by atoms with Crippen LogP contribution in [0.5, 0.6) is 0 Å². The lowest BCUT2D eigenvalue weighted by molar-refractivity contribution is 0.0141. The Kier molecular flexibility index (Phi) is 3.67. The number of hydrogen-bond donors (Lipinski definition) is 1. The maximum Gasteiger partial charge on any atom is 0.251 e. The van der Waals surface area contributed by atoms with Gasteiger partial charge in [0.15, 0.2) is 0 Å². The van der Waals surface area contributed by atoms with Crippen molar-refractivity contribution in [2.75, 3.05) is 24.5 Å². The molecule has 1 spiro atoms. The molecular formula is C20H22N4O2. The first-order chi connectivity index (χ1) is 12.8. The van der Waals surface area contributed by atoms with E-state index < -0.39 is 0 Å². The number of nitrogens with one attached hydrogen (secondary N) is 1. The minimum atomic E-state index is -0.0913. The summed E-state index contributed by atoms with van der Waals surface area (Å²) in [5, 5.41) is 3.12. The van der Waals surface area contributed by atoms with E-state index in [9.17, 15) is 4.79 Å². The van der Waals surface area contributed by atoms with Gasteiger partial charge in [0.2, 0.25) is 5.95 Å². The molecule has 134 valence electrons. The Hall–Kier alpha value is -2.47. The number of hydrogen-bond acceptors (Lipinski definition) is 5. The van der Waals surface area contributed by atoms with Gasteiger partial charge in [-0.25, -0.2) is 9.97 Å². The molecule has 3 aliphatic heterocycles. The smallest absolute Gasteiger partial charge is 0.251 e. The highest BCUT2D eigenvalue weighted by molar-refractivity contribution is 5.94. The highest BCUT2D eigenvalue weighted by atomic mass is 16.5. The molecule has 0 aliphatic carbocycles. The fourth-order valence-corrected chi connectivity index (χ4v) is 4.97. The van der Waals surface area contributed by atoms with Crippen molar-refractivity contribution in [3.63, 3.8) is 0 Å². The van der Waals surface area contributed by atoms with E-state index in [1.807, 2.05) is 36.4 Å². The number of carbonyl (C=O) groups excluding carboxylic acids is 1. The number of amides is 1. The predicted octanol–water partition coefficient (Wildman–Crippen LogP) is 1.89. The summed E-state index contributed by atoms with van der Waals surface area (Å²) in [5.74, 6) is 1.53. The second-order valence-corrected chi connectivity index (χ2v) is 7.54. The Morgan fingerprint density at radius 3 is 2.85 bits per heavy atom. The zero-order chi connectivity index (χ0) is 17.6. The number of aromatic nitrogens is 2. The minimum absolute atomic E-state index is 0.0105. The molecule has 2 aromatic rings. The van der Waals surface area contributed by atoms with Crippen molar-refractivity contribution in [2.45, 2.75) is 24.5 Å². The van der Waals surface area contributed by atoms with Crippen molar-refractivity contribution in [3.8, 4) is 0 Å². The number of benzene rings is 1. The number of carbonyl (C=O) groups is 1. The second kappa shape index (κ2) is 6.06. The summed E-state index contributed by atoms with van der Waals surface area (Å²) < 4.78 is 6.44. The molecule has 5 rings (SSSR count). The van der Waals surface area contributed by atoms with E-state index in [-0.39, 0.29) is 17.6 Å². The maximum absolute atomic E-state index is 12.4. The van der Waals surface area contributed by atoms with Gasteiger partial charge in [-0.1, -0.05) is 18.2 Å². The molecule has 1 amide bonds. The number of nitrogens with zero attached hydrogens (tertiary/aromatic N) is 3. The van der Waals surface area contributed by atoms with Crippen molar-refractivity contribution in [1.82, 2.24) is 15.3 Å². The summed E-state index contributed by atoms with van der Waals surface area (Å²) in [7, 11) is 0.